The third-order valence-corrected chi connectivity index (χ3v) is 8.40. The minimum atomic E-state index is -0.327. The van der Waals surface area contributed by atoms with Crippen molar-refractivity contribution in [3.8, 4) is 33.2 Å². The van der Waals surface area contributed by atoms with Gasteiger partial charge in [0.25, 0.3) is 11.8 Å². The molecule has 1 atom stereocenters. The molecule has 2 aromatic carbocycles. The number of aromatic nitrogens is 1. The van der Waals surface area contributed by atoms with E-state index in [1.807, 2.05) is 48.5 Å². The number of nitrogens with zero attached hydrogens (tertiary/aromatic N) is 2. The number of fused-ring (bicyclic) bond motifs is 1. The molecule has 1 N–H and O–H groups in total. The van der Waals surface area contributed by atoms with E-state index in [1.54, 1.807) is 28.5 Å². The molecule has 206 valence electrons. The van der Waals surface area contributed by atoms with Gasteiger partial charge in [0.2, 0.25) is 0 Å². The summed E-state index contributed by atoms with van der Waals surface area (Å²) in [6.45, 7) is 2.39. The Morgan fingerprint density at radius 1 is 1.10 bits per heavy atom. The number of pyridine rings is 1. The van der Waals surface area contributed by atoms with E-state index in [0.29, 0.717) is 68.0 Å². The topological polar surface area (TPSA) is 81.1 Å². The van der Waals surface area contributed by atoms with Crippen molar-refractivity contribution in [1.82, 2.24) is 9.88 Å². The average molecular weight is 577 g/mol. The SMILES string of the molecule is O=C(c1ccc(-c2cc(-c3ccnc4c3OCC(COCc3ccccc3)O4)cs2)c(Cl)c1)N1CCC(O)CC1. The Morgan fingerprint density at radius 3 is 2.73 bits per heavy atom. The number of likely N-dealkylation sites (tertiary alicyclic amines) is 1. The van der Waals surface area contributed by atoms with Crippen LogP contribution in [0.15, 0.2) is 72.2 Å². The van der Waals surface area contributed by atoms with Crippen LogP contribution in [0.25, 0.3) is 21.6 Å². The number of halogens is 1. The molecule has 7 nitrogen and oxygen atoms in total. The van der Waals surface area contributed by atoms with Gasteiger partial charge in [-0.25, -0.2) is 4.98 Å². The average Bonchev–Trinajstić information content (AvgIpc) is 3.47. The second-order valence-electron chi connectivity index (χ2n) is 9.96. The monoisotopic (exact) mass is 576 g/mol. The minimum absolute atomic E-state index is 0.0587. The Hall–Kier alpha value is -3.43. The van der Waals surface area contributed by atoms with E-state index in [-0.39, 0.29) is 18.1 Å². The Labute approximate surface area is 241 Å². The van der Waals surface area contributed by atoms with Crippen LogP contribution in [0.4, 0.5) is 0 Å². The molecule has 0 bridgehead atoms. The lowest BCUT2D eigenvalue weighted by Crippen LogP contribution is -2.40. The molecule has 2 aromatic heterocycles. The smallest absolute Gasteiger partial charge is 0.258 e. The molecule has 1 saturated heterocycles. The maximum Gasteiger partial charge on any atom is 0.258 e. The lowest BCUT2D eigenvalue weighted by atomic mass is 10.0. The van der Waals surface area contributed by atoms with Crippen molar-refractivity contribution >= 4 is 28.8 Å². The minimum Gasteiger partial charge on any atom is -0.483 e. The lowest BCUT2D eigenvalue weighted by molar-refractivity contribution is 0.0000490. The second-order valence-corrected chi connectivity index (χ2v) is 11.3. The van der Waals surface area contributed by atoms with Crippen molar-refractivity contribution in [3.63, 3.8) is 0 Å². The fourth-order valence-corrected chi connectivity index (χ4v) is 6.22. The first-order valence-corrected chi connectivity index (χ1v) is 14.6. The molecule has 1 fully saturated rings. The zero-order valence-corrected chi connectivity index (χ0v) is 23.4. The molecule has 4 heterocycles. The van der Waals surface area contributed by atoms with E-state index in [9.17, 15) is 9.90 Å². The first-order chi connectivity index (χ1) is 19.5. The highest BCUT2D eigenvalue weighted by Crippen LogP contribution is 2.43. The lowest BCUT2D eigenvalue weighted by Gasteiger charge is -2.29. The van der Waals surface area contributed by atoms with Crippen molar-refractivity contribution in [2.24, 2.45) is 0 Å². The van der Waals surface area contributed by atoms with Crippen LogP contribution in [0.5, 0.6) is 11.6 Å². The van der Waals surface area contributed by atoms with E-state index in [4.69, 9.17) is 25.8 Å². The molecular weight excluding hydrogens is 548 g/mol. The molecule has 0 radical (unpaired) electrons. The van der Waals surface area contributed by atoms with Crippen LogP contribution in [0, 0.1) is 0 Å². The van der Waals surface area contributed by atoms with Gasteiger partial charge in [-0.1, -0.05) is 48.0 Å². The summed E-state index contributed by atoms with van der Waals surface area (Å²) < 4.78 is 18.1. The van der Waals surface area contributed by atoms with Crippen LogP contribution in [0.1, 0.15) is 28.8 Å². The number of carbonyl (C=O) groups is 1. The van der Waals surface area contributed by atoms with Gasteiger partial charge in [-0.2, -0.15) is 0 Å². The summed E-state index contributed by atoms with van der Waals surface area (Å²) in [5, 5.41) is 12.3. The Kier molecular flexibility index (Phi) is 8.02. The van der Waals surface area contributed by atoms with Crippen molar-refractivity contribution in [2.45, 2.75) is 31.7 Å². The van der Waals surface area contributed by atoms with Gasteiger partial charge >= 0.3 is 0 Å². The predicted octanol–water partition coefficient (Wildman–Crippen LogP) is 6.08. The van der Waals surface area contributed by atoms with Gasteiger partial charge in [0, 0.05) is 40.9 Å². The van der Waals surface area contributed by atoms with Crippen LogP contribution >= 0.6 is 22.9 Å². The number of aliphatic hydroxyl groups is 1. The Balaban J connectivity index is 1.13. The van der Waals surface area contributed by atoms with Gasteiger partial charge in [-0.3, -0.25) is 4.79 Å². The van der Waals surface area contributed by atoms with E-state index in [1.165, 1.54) is 0 Å². The Bertz CT molecular complexity index is 1490. The number of rotatable bonds is 7. The number of ether oxygens (including phenoxy) is 3. The number of thiophene rings is 1. The molecule has 1 unspecified atom stereocenters. The third kappa shape index (κ3) is 5.86. The second kappa shape index (κ2) is 12.0. The van der Waals surface area contributed by atoms with Crippen LogP contribution in [0.3, 0.4) is 0 Å². The molecule has 2 aliphatic heterocycles. The molecule has 0 aliphatic carbocycles. The maximum atomic E-state index is 12.9. The summed E-state index contributed by atoms with van der Waals surface area (Å²) in [6.07, 6.45) is 2.35. The van der Waals surface area contributed by atoms with Crippen LogP contribution in [-0.2, 0) is 11.3 Å². The van der Waals surface area contributed by atoms with Crippen molar-refractivity contribution in [3.05, 3.63) is 88.4 Å². The van der Waals surface area contributed by atoms with E-state index in [0.717, 1.165) is 27.1 Å². The van der Waals surface area contributed by atoms with Gasteiger partial charge in [0.05, 0.1) is 24.3 Å². The summed E-state index contributed by atoms with van der Waals surface area (Å²) in [6, 6.07) is 19.4. The molecule has 4 aromatic rings. The highest BCUT2D eigenvalue weighted by molar-refractivity contribution is 7.14. The highest BCUT2D eigenvalue weighted by atomic mass is 35.5. The van der Waals surface area contributed by atoms with E-state index < -0.39 is 0 Å². The van der Waals surface area contributed by atoms with Crippen LogP contribution in [-0.4, -0.2) is 59.4 Å². The van der Waals surface area contributed by atoms with E-state index in [2.05, 4.69) is 16.4 Å². The third-order valence-electron chi connectivity index (χ3n) is 7.12. The zero-order chi connectivity index (χ0) is 27.5. The normalized spacial score (nSPS) is 17.1. The molecular formula is C31H29ClN2O5S. The summed E-state index contributed by atoms with van der Waals surface area (Å²) >= 11 is 8.24. The van der Waals surface area contributed by atoms with Crippen LogP contribution in [0.2, 0.25) is 5.02 Å². The zero-order valence-electron chi connectivity index (χ0n) is 21.8. The molecule has 0 saturated carbocycles. The summed E-state index contributed by atoms with van der Waals surface area (Å²) in [4.78, 5) is 20.1. The van der Waals surface area contributed by atoms with Crippen molar-refractivity contribution in [2.75, 3.05) is 26.3 Å². The van der Waals surface area contributed by atoms with Crippen molar-refractivity contribution < 1.29 is 24.1 Å². The number of aliphatic hydroxyl groups excluding tert-OH is 1. The summed E-state index contributed by atoms with van der Waals surface area (Å²) in [5.74, 6) is 1.01. The number of benzene rings is 2. The van der Waals surface area contributed by atoms with Crippen LogP contribution < -0.4 is 9.47 Å². The predicted molar refractivity (Wildman–Crippen MR) is 155 cm³/mol. The number of hydrogen-bond acceptors (Lipinski definition) is 7. The van der Waals surface area contributed by atoms with Gasteiger partial charge < -0.3 is 24.2 Å². The molecule has 9 heteroatoms. The molecule has 6 rings (SSSR count). The fraction of sp³-hybridized carbons (Fsp3) is 0.290. The molecule has 40 heavy (non-hydrogen) atoms. The number of hydrogen-bond donors (Lipinski definition) is 1. The quantitative estimate of drug-likeness (QED) is 0.287. The van der Waals surface area contributed by atoms with Gasteiger partial charge in [0.15, 0.2) is 11.9 Å². The fourth-order valence-electron chi connectivity index (χ4n) is 4.93. The maximum absolute atomic E-state index is 12.9. The number of carbonyl (C=O) groups excluding carboxylic acids is 1. The highest BCUT2D eigenvalue weighted by Gasteiger charge is 2.26. The van der Waals surface area contributed by atoms with Gasteiger partial charge in [0.1, 0.15) is 6.61 Å². The summed E-state index contributed by atoms with van der Waals surface area (Å²) in [5.41, 5.74) is 4.39. The Morgan fingerprint density at radius 2 is 1.93 bits per heavy atom. The summed E-state index contributed by atoms with van der Waals surface area (Å²) in [7, 11) is 0. The first-order valence-electron chi connectivity index (χ1n) is 13.3. The van der Waals surface area contributed by atoms with E-state index >= 15 is 0 Å². The number of piperidine rings is 1. The molecule has 0 spiro atoms. The largest absolute Gasteiger partial charge is 0.483 e. The standard InChI is InChI=1S/C31H29ClN2O5S/c32-27-14-21(31(36)34-12-9-23(35)10-13-34)6-7-26(27)28-15-22(19-40-28)25-8-11-33-30-29(25)38-18-24(39-30)17-37-16-20-4-2-1-3-5-20/h1-8,11,14-15,19,23-24,35H,9-10,12-13,16-18H2. The molecule has 1 amide bonds. The van der Waals surface area contributed by atoms with Crippen molar-refractivity contribution in [1.29, 1.82) is 0 Å². The van der Waals surface area contributed by atoms with Gasteiger partial charge in [-0.05, 0) is 53.6 Å². The number of amides is 1. The first kappa shape index (κ1) is 26.8. The molecule has 2 aliphatic rings. The van der Waals surface area contributed by atoms with Gasteiger partial charge in [-0.15, -0.1) is 11.3 Å².